The quantitative estimate of drug-likeness (QED) is 0.885. The SMILES string of the molecule is Cc1cnc(C(=O)N2CC3(CC[C@H](CNc4ncccn4)CO3)C2)cn1. The van der Waals surface area contributed by atoms with E-state index in [0.717, 1.165) is 25.1 Å². The third-order valence-corrected chi connectivity index (χ3v) is 4.99. The number of ether oxygens (including phenoxy) is 1. The predicted molar refractivity (Wildman–Crippen MR) is 94.6 cm³/mol. The highest BCUT2D eigenvalue weighted by molar-refractivity contribution is 5.92. The lowest BCUT2D eigenvalue weighted by Crippen LogP contribution is -2.66. The Morgan fingerprint density at radius 3 is 2.73 bits per heavy atom. The standard InChI is InChI=1S/C18H22N6O2/c1-13-7-22-15(9-21-13)16(25)24-11-18(12-24)4-3-14(10-26-18)8-23-17-19-5-2-6-20-17/h2,5-7,9,14H,3-4,8,10-12H2,1H3,(H,19,20,23)/t14-/m1/s1. The summed E-state index contributed by atoms with van der Waals surface area (Å²) in [6, 6.07) is 1.80. The van der Waals surface area contributed by atoms with Gasteiger partial charge in [-0.2, -0.15) is 0 Å². The highest BCUT2D eigenvalue weighted by atomic mass is 16.5. The number of anilines is 1. The van der Waals surface area contributed by atoms with Gasteiger partial charge in [-0.05, 0) is 31.7 Å². The summed E-state index contributed by atoms with van der Waals surface area (Å²) in [5.41, 5.74) is 1.01. The van der Waals surface area contributed by atoms with Crippen molar-refractivity contribution in [3.8, 4) is 0 Å². The fourth-order valence-electron chi connectivity index (χ4n) is 3.41. The number of hydrogen-bond donors (Lipinski definition) is 1. The van der Waals surface area contributed by atoms with Crippen LogP contribution in [0.15, 0.2) is 30.9 Å². The largest absolute Gasteiger partial charge is 0.371 e. The molecule has 2 aliphatic rings. The zero-order valence-corrected chi connectivity index (χ0v) is 14.8. The van der Waals surface area contributed by atoms with Crippen LogP contribution in [0.5, 0.6) is 0 Å². The third kappa shape index (κ3) is 3.50. The molecule has 0 aliphatic carbocycles. The van der Waals surface area contributed by atoms with E-state index >= 15 is 0 Å². The van der Waals surface area contributed by atoms with Crippen molar-refractivity contribution < 1.29 is 9.53 Å². The Hall–Kier alpha value is -2.61. The Balaban J connectivity index is 1.24. The summed E-state index contributed by atoms with van der Waals surface area (Å²) in [7, 11) is 0. The van der Waals surface area contributed by atoms with Gasteiger partial charge in [-0.3, -0.25) is 9.78 Å². The van der Waals surface area contributed by atoms with Gasteiger partial charge in [-0.1, -0.05) is 0 Å². The Bertz CT molecular complexity index is 751. The zero-order chi connectivity index (χ0) is 18.0. The van der Waals surface area contributed by atoms with E-state index in [-0.39, 0.29) is 11.5 Å². The monoisotopic (exact) mass is 354 g/mol. The molecule has 136 valence electrons. The maximum absolute atomic E-state index is 12.4. The molecule has 0 saturated carbocycles. The van der Waals surface area contributed by atoms with Gasteiger partial charge in [0.1, 0.15) is 11.3 Å². The molecule has 26 heavy (non-hydrogen) atoms. The van der Waals surface area contributed by atoms with Crippen LogP contribution in [0.4, 0.5) is 5.95 Å². The predicted octanol–water partition coefficient (Wildman–Crippen LogP) is 1.31. The molecule has 1 atom stereocenters. The molecule has 8 nitrogen and oxygen atoms in total. The first-order chi connectivity index (χ1) is 12.6. The zero-order valence-electron chi connectivity index (χ0n) is 14.8. The highest BCUT2D eigenvalue weighted by Crippen LogP contribution is 2.36. The van der Waals surface area contributed by atoms with E-state index in [1.54, 1.807) is 29.6 Å². The third-order valence-electron chi connectivity index (χ3n) is 4.99. The normalized spacial score (nSPS) is 21.3. The van der Waals surface area contributed by atoms with Crippen LogP contribution in [0.25, 0.3) is 0 Å². The number of aryl methyl sites for hydroxylation is 1. The summed E-state index contributed by atoms with van der Waals surface area (Å²) in [5.74, 6) is 1.00. The van der Waals surface area contributed by atoms with Crippen LogP contribution < -0.4 is 5.32 Å². The fourth-order valence-corrected chi connectivity index (χ4v) is 3.41. The van der Waals surface area contributed by atoms with Crippen molar-refractivity contribution in [3.05, 3.63) is 42.2 Å². The number of hydrogen-bond acceptors (Lipinski definition) is 7. The maximum atomic E-state index is 12.4. The van der Waals surface area contributed by atoms with Gasteiger partial charge < -0.3 is 15.0 Å². The average molecular weight is 354 g/mol. The number of carbonyl (C=O) groups excluding carboxylic acids is 1. The Morgan fingerprint density at radius 1 is 1.27 bits per heavy atom. The molecular formula is C18H22N6O2. The van der Waals surface area contributed by atoms with E-state index in [2.05, 4.69) is 25.3 Å². The number of rotatable bonds is 4. The molecule has 1 amide bonds. The lowest BCUT2D eigenvalue weighted by Gasteiger charge is -2.52. The first-order valence-corrected chi connectivity index (χ1v) is 8.86. The summed E-state index contributed by atoms with van der Waals surface area (Å²) < 4.78 is 6.13. The van der Waals surface area contributed by atoms with E-state index in [1.165, 1.54) is 6.20 Å². The van der Waals surface area contributed by atoms with Crippen molar-refractivity contribution in [2.75, 3.05) is 31.6 Å². The number of carbonyl (C=O) groups is 1. The first-order valence-electron chi connectivity index (χ1n) is 8.86. The Morgan fingerprint density at radius 2 is 2.08 bits per heavy atom. The second-order valence-corrected chi connectivity index (χ2v) is 7.06. The number of aromatic nitrogens is 4. The van der Waals surface area contributed by atoms with Gasteiger partial charge in [-0.15, -0.1) is 0 Å². The molecule has 0 aromatic carbocycles. The summed E-state index contributed by atoms with van der Waals surface area (Å²) in [4.78, 5) is 30.9. The van der Waals surface area contributed by atoms with Crippen LogP contribution in [0, 0.1) is 12.8 Å². The molecule has 0 unspecified atom stereocenters. The van der Waals surface area contributed by atoms with Gasteiger partial charge in [-0.25, -0.2) is 15.0 Å². The molecule has 2 aliphatic heterocycles. The first kappa shape index (κ1) is 16.8. The highest BCUT2D eigenvalue weighted by Gasteiger charge is 2.48. The minimum atomic E-state index is -0.187. The second kappa shape index (κ2) is 6.95. The molecular weight excluding hydrogens is 332 g/mol. The maximum Gasteiger partial charge on any atom is 0.274 e. The van der Waals surface area contributed by atoms with Crippen LogP contribution in [0.1, 0.15) is 29.0 Å². The van der Waals surface area contributed by atoms with Crippen molar-refractivity contribution in [2.45, 2.75) is 25.4 Å². The molecule has 1 spiro atoms. The molecule has 4 heterocycles. The minimum absolute atomic E-state index is 0.0725. The van der Waals surface area contributed by atoms with Gasteiger partial charge in [0.05, 0.1) is 31.6 Å². The number of amides is 1. The average Bonchev–Trinajstić information content (AvgIpc) is 2.66. The Labute approximate surface area is 152 Å². The summed E-state index contributed by atoms with van der Waals surface area (Å²) in [5, 5.41) is 3.25. The van der Waals surface area contributed by atoms with Crippen LogP contribution in [-0.4, -0.2) is 62.6 Å². The number of nitrogens with zero attached hydrogens (tertiary/aromatic N) is 5. The van der Waals surface area contributed by atoms with Crippen molar-refractivity contribution in [1.29, 1.82) is 0 Å². The smallest absolute Gasteiger partial charge is 0.274 e. The van der Waals surface area contributed by atoms with E-state index in [4.69, 9.17) is 4.74 Å². The van der Waals surface area contributed by atoms with E-state index in [0.29, 0.717) is 37.3 Å². The molecule has 1 N–H and O–H groups in total. The molecule has 8 heteroatoms. The van der Waals surface area contributed by atoms with Gasteiger partial charge >= 0.3 is 0 Å². The summed E-state index contributed by atoms with van der Waals surface area (Å²) in [6.45, 7) is 4.59. The van der Waals surface area contributed by atoms with E-state index in [1.807, 2.05) is 6.92 Å². The van der Waals surface area contributed by atoms with E-state index < -0.39 is 0 Å². The van der Waals surface area contributed by atoms with Crippen molar-refractivity contribution in [3.63, 3.8) is 0 Å². The van der Waals surface area contributed by atoms with Gasteiger partial charge in [0, 0.05) is 25.1 Å². The second-order valence-electron chi connectivity index (χ2n) is 7.06. The molecule has 2 saturated heterocycles. The Kier molecular flexibility index (Phi) is 4.50. The topological polar surface area (TPSA) is 93.1 Å². The summed E-state index contributed by atoms with van der Waals surface area (Å²) >= 11 is 0. The van der Waals surface area contributed by atoms with Crippen LogP contribution >= 0.6 is 0 Å². The number of likely N-dealkylation sites (tertiary alicyclic amines) is 1. The fraction of sp³-hybridized carbons (Fsp3) is 0.500. The molecule has 0 radical (unpaired) electrons. The molecule has 4 rings (SSSR count). The molecule has 2 aromatic heterocycles. The van der Waals surface area contributed by atoms with Crippen molar-refractivity contribution in [2.24, 2.45) is 5.92 Å². The molecule has 0 bridgehead atoms. The van der Waals surface area contributed by atoms with Crippen molar-refractivity contribution in [1.82, 2.24) is 24.8 Å². The van der Waals surface area contributed by atoms with Gasteiger partial charge in [0.15, 0.2) is 0 Å². The summed E-state index contributed by atoms with van der Waals surface area (Å²) in [6.07, 6.45) is 8.62. The minimum Gasteiger partial charge on any atom is -0.371 e. The van der Waals surface area contributed by atoms with Crippen LogP contribution in [0.3, 0.4) is 0 Å². The van der Waals surface area contributed by atoms with Crippen molar-refractivity contribution >= 4 is 11.9 Å². The lowest BCUT2D eigenvalue weighted by molar-refractivity contribution is -0.165. The number of nitrogens with one attached hydrogen (secondary N) is 1. The van der Waals surface area contributed by atoms with Crippen LogP contribution in [-0.2, 0) is 4.74 Å². The molecule has 2 aromatic rings. The van der Waals surface area contributed by atoms with E-state index in [9.17, 15) is 4.79 Å². The lowest BCUT2D eigenvalue weighted by atomic mass is 9.82. The van der Waals surface area contributed by atoms with Gasteiger partial charge in [0.2, 0.25) is 5.95 Å². The molecule has 2 fully saturated rings. The van der Waals surface area contributed by atoms with Crippen LogP contribution in [0.2, 0.25) is 0 Å². The van der Waals surface area contributed by atoms with Gasteiger partial charge in [0.25, 0.3) is 5.91 Å².